The number of hydrogen-bond donors (Lipinski definition) is 1. The number of carboxylic acid groups (broad SMARTS) is 1. The van der Waals surface area contributed by atoms with Crippen molar-refractivity contribution in [3.05, 3.63) is 18.1 Å². The summed E-state index contributed by atoms with van der Waals surface area (Å²) in [5.74, 6) is -1.08. The third-order valence-corrected chi connectivity index (χ3v) is 3.00. The number of aryl methyl sites for hydroxylation is 1. The Morgan fingerprint density at radius 2 is 2.26 bits per heavy atom. The van der Waals surface area contributed by atoms with Crippen molar-refractivity contribution in [1.29, 1.82) is 0 Å². The molecule has 0 saturated heterocycles. The SMILES string of the molecule is CCCC(C)n1nnc(C(=O)O)c1-c1cnn(C)c1. The van der Waals surface area contributed by atoms with E-state index in [2.05, 4.69) is 22.3 Å². The molecule has 0 radical (unpaired) electrons. The maximum Gasteiger partial charge on any atom is 0.358 e. The predicted octanol–water partition coefficient (Wildman–Crippen LogP) is 1.74. The molecule has 19 heavy (non-hydrogen) atoms. The van der Waals surface area contributed by atoms with Crippen LogP contribution in [0.2, 0.25) is 0 Å². The van der Waals surface area contributed by atoms with Gasteiger partial charge >= 0.3 is 5.97 Å². The molecule has 0 fully saturated rings. The molecule has 2 rings (SSSR count). The molecule has 0 aromatic carbocycles. The van der Waals surface area contributed by atoms with E-state index in [0.717, 1.165) is 12.8 Å². The first-order valence-electron chi connectivity index (χ1n) is 6.22. The van der Waals surface area contributed by atoms with Gasteiger partial charge in [-0.15, -0.1) is 5.10 Å². The summed E-state index contributed by atoms with van der Waals surface area (Å²) in [4.78, 5) is 11.3. The van der Waals surface area contributed by atoms with E-state index in [9.17, 15) is 9.90 Å². The lowest BCUT2D eigenvalue weighted by Crippen LogP contribution is -2.09. The van der Waals surface area contributed by atoms with E-state index in [1.54, 1.807) is 28.8 Å². The number of carbonyl (C=O) groups is 1. The summed E-state index contributed by atoms with van der Waals surface area (Å²) >= 11 is 0. The summed E-state index contributed by atoms with van der Waals surface area (Å²) in [6.45, 7) is 4.08. The third-order valence-electron chi connectivity index (χ3n) is 3.00. The van der Waals surface area contributed by atoms with Crippen molar-refractivity contribution in [2.75, 3.05) is 0 Å². The van der Waals surface area contributed by atoms with Crippen LogP contribution in [0.3, 0.4) is 0 Å². The van der Waals surface area contributed by atoms with Crippen LogP contribution in [0.4, 0.5) is 0 Å². The zero-order valence-electron chi connectivity index (χ0n) is 11.2. The van der Waals surface area contributed by atoms with Crippen LogP contribution in [0.1, 0.15) is 43.2 Å². The lowest BCUT2D eigenvalue weighted by atomic mass is 10.1. The molecule has 1 unspecified atom stereocenters. The summed E-state index contributed by atoms with van der Waals surface area (Å²) in [5, 5.41) is 21.1. The summed E-state index contributed by atoms with van der Waals surface area (Å²) in [6, 6.07) is 0.0980. The molecule has 0 aliphatic carbocycles. The Morgan fingerprint density at radius 3 is 2.79 bits per heavy atom. The molecule has 1 N–H and O–H groups in total. The van der Waals surface area contributed by atoms with Crippen molar-refractivity contribution in [2.24, 2.45) is 7.05 Å². The molecule has 1 atom stereocenters. The highest BCUT2D eigenvalue weighted by Gasteiger charge is 2.23. The zero-order chi connectivity index (χ0) is 14.0. The minimum Gasteiger partial charge on any atom is -0.476 e. The third kappa shape index (κ3) is 2.49. The van der Waals surface area contributed by atoms with E-state index < -0.39 is 5.97 Å². The molecular weight excluding hydrogens is 246 g/mol. The van der Waals surface area contributed by atoms with Crippen molar-refractivity contribution in [2.45, 2.75) is 32.7 Å². The first kappa shape index (κ1) is 13.3. The van der Waals surface area contributed by atoms with Crippen molar-refractivity contribution in [3.63, 3.8) is 0 Å². The summed E-state index contributed by atoms with van der Waals surface area (Å²) in [5.41, 5.74) is 1.20. The van der Waals surface area contributed by atoms with Crippen LogP contribution in [-0.4, -0.2) is 35.9 Å². The summed E-state index contributed by atoms with van der Waals surface area (Å²) in [7, 11) is 1.79. The van der Waals surface area contributed by atoms with Gasteiger partial charge < -0.3 is 5.11 Å². The average molecular weight is 263 g/mol. The van der Waals surface area contributed by atoms with Crippen LogP contribution in [-0.2, 0) is 7.05 Å². The standard InChI is InChI=1S/C12H17N5O2/c1-4-5-8(2)17-11(9-6-13-16(3)7-9)10(12(18)19)14-15-17/h6-8H,4-5H2,1-3H3,(H,18,19). The molecular formula is C12H17N5O2. The van der Waals surface area contributed by atoms with Gasteiger partial charge in [0.15, 0.2) is 5.69 Å². The van der Waals surface area contributed by atoms with Gasteiger partial charge in [-0.1, -0.05) is 18.6 Å². The van der Waals surface area contributed by atoms with Crippen LogP contribution >= 0.6 is 0 Å². The molecule has 0 aliphatic heterocycles. The predicted molar refractivity (Wildman–Crippen MR) is 68.8 cm³/mol. The van der Waals surface area contributed by atoms with Gasteiger partial charge in [-0.05, 0) is 13.3 Å². The number of rotatable bonds is 5. The number of carboxylic acids is 1. The van der Waals surface area contributed by atoms with E-state index in [4.69, 9.17) is 0 Å². The monoisotopic (exact) mass is 263 g/mol. The fraction of sp³-hybridized carbons (Fsp3) is 0.500. The Labute approximate surface area is 110 Å². The number of aromatic carboxylic acids is 1. The van der Waals surface area contributed by atoms with Gasteiger partial charge in [0.05, 0.1) is 12.2 Å². The fourth-order valence-corrected chi connectivity index (χ4v) is 2.10. The van der Waals surface area contributed by atoms with Gasteiger partial charge in [0, 0.05) is 18.8 Å². The zero-order valence-corrected chi connectivity index (χ0v) is 11.2. The molecule has 2 aromatic rings. The van der Waals surface area contributed by atoms with Gasteiger partial charge in [0.1, 0.15) is 5.69 Å². The molecule has 0 aliphatic rings. The Balaban J connectivity index is 2.54. The number of nitrogens with zero attached hydrogens (tertiary/aromatic N) is 5. The molecule has 2 heterocycles. The van der Waals surface area contributed by atoms with Gasteiger partial charge in [-0.2, -0.15) is 5.10 Å². The highest BCUT2D eigenvalue weighted by molar-refractivity contribution is 5.92. The second-order valence-corrected chi connectivity index (χ2v) is 4.58. The van der Waals surface area contributed by atoms with E-state index in [1.807, 2.05) is 6.92 Å². The maximum atomic E-state index is 11.3. The first-order chi connectivity index (χ1) is 9.04. The maximum absolute atomic E-state index is 11.3. The van der Waals surface area contributed by atoms with Crippen molar-refractivity contribution in [3.8, 4) is 11.3 Å². The second kappa shape index (κ2) is 5.21. The van der Waals surface area contributed by atoms with E-state index >= 15 is 0 Å². The van der Waals surface area contributed by atoms with Crippen LogP contribution in [0.25, 0.3) is 11.3 Å². The lowest BCUT2D eigenvalue weighted by molar-refractivity contribution is 0.0691. The molecule has 0 amide bonds. The van der Waals surface area contributed by atoms with E-state index in [1.165, 1.54) is 0 Å². The lowest BCUT2D eigenvalue weighted by Gasteiger charge is -2.13. The van der Waals surface area contributed by atoms with Gasteiger partial charge in [0.25, 0.3) is 0 Å². The molecule has 7 nitrogen and oxygen atoms in total. The van der Waals surface area contributed by atoms with Crippen molar-refractivity contribution in [1.82, 2.24) is 24.8 Å². The first-order valence-corrected chi connectivity index (χ1v) is 6.22. The summed E-state index contributed by atoms with van der Waals surface area (Å²) in [6.07, 6.45) is 5.30. The van der Waals surface area contributed by atoms with Crippen molar-refractivity contribution >= 4 is 5.97 Å². The van der Waals surface area contributed by atoms with Crippen molar-refractivity contribution < 1.29 is 9.90 Å². The Bertz CT molecular complexity index is 587. The van der Waals surface area contributed by atoms with Crippen LogP contribution < -0.4 is 0 Å². The second-order valence-electron chi connectivity index (χ2n) is 4.58. The molecule has 0 saturated carbocycles. The number of hydrogen-bond acceptors (Lipinski definition) is 4. The Kier molecular flexibility index (Phi) is 3.64. The Hall–Kier alpha value is -2.18. The largest absolute Gasteiger partial charge is 0.476 e. The normalized spacial score (nSPS) is 12.6. The minimum absolute atomic E-state index is 0.0315. The summed E-state index contributed by atoms with van der Waals surface area (Å²) < 4.78 is 3.30. The van der Waals surface area contributed by atoms with Gasteiger partial charge in [-0.25, -0.2) is 9.48 Å². The Morgan fingerprint density at radius 1 is 1.53 bits per heavy atom. The van der Waals surface area contributed by atoms with Gasteiger partial charge in [-0.3, -0.25) is 4.68 Å². The van der Waals surface area contributed by atoms with Gasteiger partial charge in [0.2, 0.25) is 0 Å². The molecule has 2 aromatic heterocycles. The topological polar surface area (TPSA) is 85.8 Å². The molecule has 102 valence electrons. The average Bonchev–Trinajstić information content (AvgIpc) is 2.94. The fourth-order valence-electron chi connectivity index (χ4n) is 2.10. The minimum atomic E-state index is -1.08. The highest BCUT2D eigenvalue weighted by Crippen LogP contribution is 2.26. The van der Waals surface area contributed by atoms with Crippen LogP contribution in [0.15, 0.2) is 12.4 Å². The number of aromatic nitrogens is 5. The van der Waals surface area contributed by atoms with E-state index in [-0.39, 0.29) is 11.7 Å². The smallest absolute Gasteiger partial charge is 0.358 e. The van der Waals surface area contributed by atoms with E-state index in [0.29, 0.717) is 11.3 Å². The van der Waals surface area contributed by atoms with Crippen LogP contribution in [0, 0.1) is 0 Å². The van der Waals surface area contributed by atoms with Crippen LogP contribution in [0.5, 0.6) is 0 Å². The molecule has 0 bridgehead atoms. The molecule has 0 spiro atoms. The highest BCUT2D eigenvalue weighted by atomic mass is 16.4. The molecule has 7 heteroatoms. The quantitative estimate of drug-likeness (QED) is 0.888.